The van der Waals surface area contributed by atoms with Gasteiger partial charge in [0.05, 0.1) is 11.3 Å². The van der Waals surface area contributed by atoms with E-state index in [-0.39, 0.29) is 12.3 Å². The third-order valence-electron chi connectivity index (χ3n) is 3.78. The van der Waals surface area contributed by atoms with Gasteiger partial charge in [-0.25, -0.2) is 8.42 Å². The van der Waals surface area contributed by atoms with E-state index in [1.54, 1.807) is 18.2 Å². The average molecular weight is 391 g/mol. The molecule has 1 aromatic rings. The monoisotopic (exact) mass is 390 g/mol. The Morgan fingerprint density at radius 3 is 2.45 bits per heavy atom. The van der Waals surface area contributed by atoms with Crippen LogP contribution in [0.1, 0.15) is 32.3 Å². The van der Waals surface area contributed by atoms with E-state index in [9.17, 15) is 13.2 Å². The van der Waals surface area contributed by atoms with Gasteiger partial charge >= 0.3 is 0 Å². The summed E-state index contributed by atoms with van der Waals surface area (Å²) in [4.78, 5) is 12.1. The van der Waals surface area contributed by atoms with Gasteiger partial charge in [-0.2, -0.15) is 0 Å². The Bertz CT molecular complexity index is 605. The highest BCUT2D eigenvalue weighted by Gasteiger charge is 2.28. The van der Waals surface area contributed by atoms with Crippen molar-refractivity contribution in [3.8, 4) is 0 Å². The number of amides is 1. The van der Waals surface area contributed by atoms with Gasteiger partial charge in [-0.15, -0.1) is 0 Å². The number of hydrogen-bond donors (Lipinski definition) is 2. The second-order valence-corrected chi connectivity index (χ2v) is 8.38. The highest BCUT2D eigenvalue weighted by Crippen LogP contribution is 2.16. The summed E-state index contributed by atoms with van der Waals surface area (Å²) in [6.07, 6.45) is 1.33. The molecule has 1 rings (SSSR count). The van der Waals surface area contributed by atoms with Crippen LogP contribution in [0.3, 0.4) is 0 Å². The molecule has 0 aliphatic carbocycles. The van der Waals surface area contributed by atoms with Crippen LogP contribution in [-0.2, 0) is 20.4 Å². The maximum absolute atomic E-state index is 12.2. The molecule has 7 heteroatoms. The topological polar surface area (TPSA) is 89.3 Å². The molecule has 0 fully saturated rings. The highest BCUT2D eigenvalue weighted by atomic mass is 79.9. The van der Waals surface area contributed by atoms with Crippen molar-refractivity contribution in [1.29, 1.82) is 0 Å². The first kappa shape index (κ1) is 19.1. The molecule has 5 nitrogen and oxygen atoms in total. The summed E-state index contributed by atoms with van der Waals surface area (Å²) < 4.78 is 25.1. The van der Waals surface area contributed by atoms with Gasteiger partial charge in [0.2, 0.25) is 5.91 Å². The summed E-state index contributed by atoms with van der Waals surface area (Å²) in [7, 11) is -3.52. The Morgan fingerprint density at radius 2 is 1.95 bits per heavy atom. The molecule has 0 radical (unpaired) electrons. The molecule has 0 bridgehead atoms. The number of nitrogens with two attached hydrogens (primary N) is 1. The number of rotatable bonds is 8. The highest BCUT2D eigenvalue weighted by molar-refractivity contribution is 9.10. The molecular weight excluding hydrogens is 368 g/mol. The molecule has 0 saturated carbocycles. The number of sulfone groups is 1. The van der Waals surface area contributed by atoms with Crippen molar-refractivity contribution in [1.82, 2.24) is 5.32 Å². The third kappa shape index (κ3) is 5.70. The first-order chi connectivity index (χ1) is 10.3. The van der Waals surface area contributed by atoms with Crippen molar-refractivity contribution >= 4 is 31.7 Å². The number of benzene rings is 1. The predicted octanol–water partition coefficient (Wildman–Crippen LogP) is 2.00. The fourth-order valence-corrected chi connectivity index (χ4v) is 3.94. The minimum absolute atomic E-state index is 0.159. The number of carbonyl (C=O) groups is 1. The molecule has 1 aromatic carbocycles. The maximum atomic E-state index is 12.2. The Labute approximate surface area is 140 Å². The van der Waals surface area contributed by atoms with Crippen molar-refractivity contribution in [2.24, 2.45) is 5.73 Å². The molecule has 0 heterocycles. The Kier molecular flexibility index (Phi) is 7.02. The molecule has 0 atom stereocenters. The van der Waals surface area contributed by atoms with Gasteiger partial charge in [0, 0.05) is 11.0 Å². The second kappa shape index (κ2) is 8.08. The number of carbonyl (C=O) groups excluding carboxylic acids is 1. The molecule has 0 aromatic heterocycles. The lowest BCUT2D eigenvalue weighted by molar-refractivity contribution is -0.120. The van der Waals surface area contributed by atoms with Crippen LogP contribution in [0.4, 0.5) is 0 Å². The minimum Gasteiger partial charge on any atom is -0.349 e. The molecular formula is C15H23BrN2O3S. The van der Waals surface area contributed by atoms with Crippen molar-refractivity contribution in [2.45, 2.75) is 38.0 Å². The van der Waals surface area contributed by atoms with E-state index in [1.165, 1.54) is 0 Å². The fraction of sp³-hybridized carbons (Fsp3) is 0.533. The number of hydrogen-bond acceptors (Lipinski definition) is 4. The minimum atomic E-state index is -3.52. The summed E-state index contributed by atoms with van der Waals surface area (Å²) in [5, 5.41) is 2.78. The molecule has 3 N–H and O–H groups in total. The van der Waals surface area contributed by atoms with Crippen LogP contribution in [0.2, 0.25) is 0 Å². The summed E-state index contributed by atoms with van der Waals surface area (Å²) in [6.45, 7) is 4.14. The van der Waals surface area contributed by atoms with Crippen LogP contribution in [-0.4, -0.2) is 32.2 Å². The Balaban J connectivity index is 2.74. The average Bonchev–Trinajstić information content (AvgIpc) is 2.43. The normalized spacial score (nSPS) is 12.2. The number of halogens is 1. The lowest BCUT2D eigenvalue weighted by Crippen LogP contribution is -2.54. The van der Waals surface area contributed by atoms with Crippen molar-refractivity contribution in [3.05, 3.63) is 34.3 Å². The van der Waals surface area contributed by atoms with Gasteiger partial charge in [-0.1, -0.05) is 41.9 Å². The first-order valence-corrected chi connectivity index (χ1v) is 9.83. The molecule has 124 valence electrons. The molecule has 0 aliphatic heterocycles. The molecule has 0 aliphatic rings. The van der Waals surface area contributed by atoms with Crippen LogP contribution >= 0.6 is 15.9 Å². The van der Waals surface area contributed by atoms with Crippen LogP contribution < -0.4 is 11.1 Å². The Morgan fingerprint density at radius 1 is 1.32 bits per heavy atom. The van der Waals surface area contributed by atoms with Gasteiger partial charge in [0.25, 0.3) is 0 Å². The quantitative estimate of drug-likeness (QED) is 0.709. The van der Waals surface area contributed by atoms with Gasteiger partial charge in [0.1, 0.15) is 5.75 Å². The Hall–Kier alpha value is -0.920. The molecule has 0 saturated heterocycles. The van der Waals surface area contributed by atoms with E-state index in [1.807, 2.05) is 19.9 Å². The van der Waals surface area contributed by atoms with Crippen LogP contribution in [0, 0.1) is 0 Å². The zero-order valence-electron chi connectivity index (χ0n) is 12.9. The van der Waals surface area contributed by atoms with Gasteiger partial charge < -0.3 is 11.1 Å². The molecule has 0 unspecified atom stereocenters. The van der Waals surface area contributed by atoms with Crippen LogP contribution in [0.25, 0.3) is 0 Å². The van der Waals surface area contributed by atoms with E-state index in [2.05, 4.69) is 21.2 Å². The third-order valence-corrected chi connectivity index (χ3v) is 5.74. The van der Waals surface area contributed by atoms with E-state index in [0.29, 0.717) is 18.4 Å². The van der Waals surface area contributed by atoms with Gasteiger partial charge in [-0.3, -0.25) is 4.79 Å². The van der Waals surface area contributed by atoms with Crippen LogP contribution in [0.15, 0.2) is 28.7 Å². The molecule has 22 heavy (non-hydrogen) atoms. The SMILES string of the molecule is CCC(CC)(CN)NC(=O)CS(=O)(=O)Cc1cccc(Br)c1. The lowest BCUT2D eigenvalue weighted by atomic mass is 9.93. The largest absolute Gasteiger partial charge is 0.349 e. The smallest absolute Gasteiger partial charge is 0.235 e. The van der Waals surface area contributed by atoms with Gasteiger partial charge in [-0.05, 0) is 30.5 Å². The van der Waals surface area contributed by atoms with Gasteiger partial charge in [0.15, 0.2) is 9.84 Å². The van der Waals surface area contributed by atoms with E-state index in [0.717, 1.165) is 4.47 Å². The lowest BCUT2D eigenvalue weighted by Gasteiger charge is -2.31. The second-order valence-electron chi connectivity index (χ2n) is 5.40. The summed E-state index contributed by atoms with van der Waals surface area (Å²) in [6, 6.07) is 7.05. The van der Waals surface area contributed by atoms with Crippen LogP contribution in [0.5, 0.6) is 0 Å². The van der Waals surface area contributed by atoms with E-state index in [4.69, 9.17) is 5.73 Å². The van der Waals surface area contributed by atoms with Crippen molar-refractivity contribution < 1.29 is 13.2 Å². The predicted molar refractivity (Wildman–Crippen MR) is 92.1 cm³/mol. The number of nitrogens with one attached hydrogen (secondary N) is 1. The van der Waals surface area contributed by atoms with E-state index >= 15 is 0 Å². The molecule has 1 amide bonds. The van der Waals surface area contributed by atoms with Crippen molar-refractivity contribution in [3.63, 3.8) is 0 Å². The maximum Gasteiger partial charge on any atom is 0.235 e. The van der Waals surface area contributed by atoms with Crippen molar-refractivity contribution in [2.75, 3.05) is 12.3 Å². The fourth-order valence-electron chi connectivity index (χ4n) is 2.23. The molecule has 0 spiro atoms. The standard InChI is InChI=1S/C15H23BrN2O3S/c1-3-15(4-2,11-17)18-14(19)10-22(20,21)9-12-6-5-7-13(16)8-12/h5-8H,3-4,9-11,17H2,1-2H3,(H,18,19). The zero-order chi connectivity index (χ0) is 16.8. The first-order valence-electron chi connectivity index (χ1n) is 7.22. The summed E-state index contributed by atoms with van der Waals surface area (Å²) in [5.74, 6) is -1.18. The summed E-state index contributed by atoms with van der Waals surface area (Å²) in [5.41, 5.74) is 5.84. The van der Waals surface area contributed by atoms with E-state index < -0.39 is 27.0 Å². The summed E-state index contributed by atoms with van der Waals surface area (Å²) >= 11 is 3.30. The zero-order valence-corrected chi connectivity index (χ0v) is 15.3.